The van der Waals surface area contributed by atoms with Crippen LogP contribution in [0.4, 0.5) is 5.69 Å². The fourth-order valence-electron chi connectivity index (χ4n) is 2.87. The van der Waals surface area contributed by atoms with E-state index in [0.29, 0.717) is 10.6 Å². The second-order valence-electron chi connectivity index (χ2n) is 7.68. The number of hydrogen-bond donors (Lipinski definition) is 2. The maximum atomic E-state index is 12.5. The molecular weight excluding hydrogens is 356 g/mol. The summed E-state index contributed by atoms with van der Waals surface area (Å²) in [5, 5.41) is 10.0. The monoisotopic (exact) mass is 380 g/mol. The van der Waals surface area contributed by atoms with Crippen LogP contribution in [0, 0.1) is 11.7 Å². The van der Waals surface area contributed by atoms with Crippen LogP contribution in [-0.4, -0.2) is 20.7 Å². The van der Waals surface area contributed by atoms with Crippen molar-refractivity contribution in [2.75, 3.05) is 5.32 Å². The van der Waals surface area contributed by atoms with E-state index in [-0.39, 0.29) is 17.9 Å². The minimum atomic E-state index is -0.148. The van der Waals surface area contributed by atoms with Crippen molar-refractivity contribution in [2.45, 2.75) is 39.7 Å². The van der Waals surface area contributed by atoms with Crippen molar-refractivity contribution >= 4 is 23.8 Å². The predicted molar refractivity (Wildman–Crippen MR) is 111 cm³/mol. The van der Waals surface area contributed by atoms with Crippen LogP contribution in [0.3, 0.4) is 0 Å². The third kappa shape index (κ3) is 4.52. The highest BCUT2D eigenvalue weighted by Gasteiger charge is 2.15. The number of H-pyrrole nitrogens is 1. The molecule has 0 aliphatic heterocycles. The molecule has 2 aromatic carbocycles. The minimum Gasteiger partial charge on any atom is -0.325 e. The molecule has 0 radical (unpaired) electrons. The van der Waals surface area contributed by atoms with E-state index in [4.69, 9.17) is 12.2 Å². The number of aromatic nitrogens is 3. The van der Waals surface area contributed by atoms with Gasteiger partial charge >= 0.3 is 0 Å². The first-order valence-corrected chi connectivity index (χ1v) is 9.27. The van der Waals surface area contributed by atoms with E-state index in [2.05, 4.69) is 36.3 Å². The van der Waals surface area contributed by atoms with E-state index < -0.39 is 0 Å². The quantitative estimate of drug-likeness (QED) is 0.636. The average molecular weight is 381 g/mol. The fourth-order valence-corrected chi connectivity index (χ4v) is 3.06. The molecule has 0 saturated heterocycles. The Balaban J connectivity index is 1.77. The van der Waals surface area contributed by atoms with Gasteiger partial charge in [0, 0.05) is 11.3 Å². The normalized spacial score (nSPS) is 11.4. The molecule has 1 amide bonds. The van der Waals surface area contributed by atoms with Crippen molar-refractivity contribution in [3.05, 3.63) is 64.4 Å². The molecule has 0 bridgehead atoms. The van der Waals surface area contributed by atoms with Gasteiger partial charge in [0.25, 0.3) is 0 Å². The number of amides is 1. The summed E-state index contributed by atoms with van der Waals surface area (Å²) in [5.74, 6) is 0.506. The average Bonchev–Trinajstić information content (AvgIpc) is 2.95. The van der Waals surface area contributed by atoms with Gasteiger partial charge in [-0.3, -0.25) is 14.5 Å². The molecule has 0 unspecified atom stereocenters. The molecule has 2 N–H and O–H groups in total. The maximum absolute atomic E-state index is 12.5. The van der Waals surface area contributed by atoms with Gasteiger partial charge in [-0.25, -0.2) is 0 Å². The Kier molecular flexibility index (Phi) is 5.28. The molecule has 27 heavy (non-hydrogen) atoms. The van der Waals surface area contributed by atoms with Crippen molar-refractivity contribution in [3.63, 3.8) is 0 Å². The predicted octanol–water partition coefficient (Wildman–Crippen LogP) is 4.85. The Labute approximate surface area is 164 Å². The first kappa shape index (κ1) is 19.0. The highest BCUT2D eigenvalue weighted by Crippen LogP contribution is 2.23. The zero-order valence-corrected chi connectivity index (χ0v) is 16.9. The molecule has 0 spiro atoms. The Morgan fingerprint density at radius 3 is 2.52 bits per heavy atom. The first-order valence-electron chi connectivity index (χ1n) is 8.87. The van der Waals surface area contributed by atoms with Crippen LogP contribution in [0.1, 0.15) is 31.9 Å². The lowest BCUT2D eigenvalue weighted by Crippen LogP contribution is -2.19. The zero-order chi connectivity index (χ0) is 19.6. The zero-order valence-electron chi connectivity index (χ0n) is 16.0. The third-order valence-electron chi connectivity index (χ3n) is 4.37. The summed E-state index contributed by atoms with van der Waals surface area (Å²) in [4.78, 5) is 12.5. The van der Waals surface area contributed by atoms with E-state index >= 15 is 0 Å². The molecule has 6 heteroatoms. The SMILES string of the molecule is Cc1cccc(-c2n[nH]c(=S)n2CC(=O)Nc2ccc(C(C)(C)C)cc2)c1. The smallest absolute Gasteiger partial charge is 0.244 e. The number of benzene rings is 2. The lowest BCUT2D eigenvalue weighted by Gasteiger charge is -2.19. The highest BCUT2D eigenvalue weighted by molar-refractivity contribution is 7.71. The fraction of sp³-hybridized carbons (Fsp3) is 0.286. The van der Waals surface area contributed by atoms with Crippen LogP contribution in [0.5, 0.6) is 0 Å². The summed E-state index contributed by atoms with van der Waals surface area (Å²) in [6.45, 7) is 8.60. The molecule has 0 aliphatic rings. The molecule has 1 aromatic heterocycles. The number of nitrogens with one attached hydrogen (secondary N) is 2. The van der Waals surface area contributed by atoms with Crippen molar-refractivity contribution in [1.29, 1.82) is 0 Å². The highest BCUT2D eigenvalue weighted by atomic mass is 32.1. The summed E-state index contributed by atoms with van der Waals surface area (Å²) in [5.41, 5.74) is 4.11. The van der Waals surface area contributed by atoms with Gasteiger partial charge in [0.15, 0.2) is 10.6 Å². The molecule has 1 heterocycles. The maximum Gasteiger partial charge on any atom is 0.244 e. The van der Waals surface area contributed by atoms with E-state index in [9.17, 15) is 4.79 Å². The molecule has 3 rings (SSSR count). The van der Waals surface area contributed by atoms with Crippen LogP contribution < -0.4 is 5.32 Å². The molecule has 0 fully saturated rings. The molecule has 0 saturated carbocycles. The van der Waals surface area contributed by atoms with Gasteiger partial charge in [-0.05, 0) is 48.3 Å². The number of aromatic amines is 1. The largest absolute Gasteiger partial charge is 0.325 e. The molecule has 0 atom stereocenters. The summed E-state index contributed by atoms with van der Waals surface area (Å²) in [6.07, 6.45) is 0. The van der Waals surface area contributed by atoms with Crippen molar-refractivity contribution in [1.82, 2.24) is 14.8 Å². The van der Waals surface area contributed by atoms with E-state index in [1.54, 1.807) is 4.57 Å². The van der Waals surface area contributed by atoms with Crippen molar-refractivity contribution in [2.24, 2.45) is 0 Å². The molecule has 140 valence electrons. The third-order valence-corrected chi connectivity index (χ3v) is 4.68. The Bertz CT molecular complexity index is 1010. The summed E-state index contributed by atoms with van der Waals surface area (Å²) in [6, 6.07) is 15.9. The number of aryl methyl sites for hydroxylation is 1. The van der Waals surface area contributed by atoms with Gasteiger partial charge in [0.05, 0.1) is 0 Å². The minimum absolute atomic E-state index is 0.0785. The van der Waals surface area contributed by atoms with Crippen molar-refractivity contribution < 1.29 is 4.79 Å². The Morgan fingerprint density at radius 1 is 1.19 bits per heavy atom. The van der Waals surface area contributed by atoms with Crippen LogP contribution >= 0.6 is 12.2 Å². The number of nitrogens with zero attached hydrogens (tertiary/aromatic N) is 2. The van der Waals surface area contributed by atoms with Gasteiger partial charge in [-0.15, -0.1) is 0 Å². The van der Waals surface area contributed by atoms with Crippen molar-refractivity contribution in [3.8, 4) is 11.4 Å². The van der Waals surface area contributed by atoms with Crippen LogP contribution in [0.2, 0.25) is 0 Å². The number of anilines is 1. The van der Waals surface area contributed by atoms with Crippen LogP contribution in [0.25, 0.3) is 11.4 Å². The second kappa shape index (κ2) is 7.48. The molecule has 5 nitrogen and oxygen atoms in total. The number of carbonyl (C=O) groups excluding carboxylic acids is 1. The molecule has 0 aliphatic carbocycles. The molecular formula is C21H24N4OS. The number of hydrogen-bond acceptors (Lipinski definition) is 3. The Morgan fingerprint density at radius 2 is 1.89 bits per heavy atom. The van der Waals surface area contributed by atoms with E-state index in [0.717, 1.165) is 16.8 Å². The van der Waals surface area contributed by atoms with Gasteiger partial charge in [0.2, 0.25) is 5.91 Å². The summed E-state index contributed by atoms with van der Waals surface area (Å²) in [7, 11) is 0. The Hall–Kier alpha value is -2.73. The van der Waals surface area contributed by atoms with E-state index in [1.165, 1.54) is 5.56 Å². The van der Waals surface area contributed by atoms with Gasteiger partial charge in [-0.2, -0.15) is 5.10 Å². The van der Waals surface area contributed by atoms with Gasteiger partial charge in [0.1, 0.15) is 6.54 Å². The lowest BCUT2D eigenvalue weighted by atomic mass is 9.87. The standard InChI is InChI=1S/C21H24N4OS/c1-14-6-5-7-15(12-14)19-23-24-20(27)25(19)13-18(26)22-17-10-8-16(9-11-17)21(2,3)4/h5-12H,13H2,1-4H3,(H,22,26)(H,24,27). The van der Waals surface area contributed by atoms with Crippen LogP contribution in [0.15, 0.2) is 48.5 Å². The number of carbonyl (C=O) groups is 1. The molecule has 3 aromatic rings. The van der Waals surface area contributed by atoms with Crippen LogP contribution in [-0.2, 0) is 16.8 Å². The number of rotatable bonds is 4. The van der Waals surface area contributed by atoms with E-state index in [1.807, 2.05) is 55.5 Å². The second-order valence-corrected chi connectivity index (χ2v) is 8.07. The lowest BCUT2D eigenvalue weighted by molar-refractivity contribution is -0.116. The van der Waals surface area contributed by atoms with Gasteiger partial charge < -0.3 is 5.32 Å². The van der Waals surface area contributed by atoms with Gasteiger partial charge in [-0.1, -0.05) is 56.7 Å². The first-order chi connectivity index (χ1) is 12.7. The summed E-state index contributed by atoms with van der Waals surface area (Å²) >= 11 is 5.31. The summed E-state index contributed by atoms with van der Waals surface area (Å²) < 4.78 is 2.13. The topological polar surface area (TPSA) is 62.7 Å².